The van der Waals surface area contributed by atoms with Crippen LogP contribution in [0.3, 0.4) is 0 Å². The van der Waals surface area contributed by atoms with Gasteiger partial charge in [-0.15, -0.1) is 0 Å². The van der Waals surface area contributed by atoms with Crippen LogP contribution in [0.15, 0.2) is 72.8 Å². The molecule has 0 saturated carbocycles. The Bertz CT molecular complexity index is 1150. The molecule has 0 bridgehead atoms. The van der Waals surface area contributed by atoms with E-state index in [0.717, 1.165) is 16.7 Å². The zero-order valence-electron chi connectivity index (χ0n) is 19.7. The second kappa shape index (κ2) is 11.5. The minimum absolute atomic E-state index is 0.154. The van der Waals surface area contributed by atoms with Crippen molar-refractivity contribution in [2.75, 3.05) is 13.3 Å². The fraction of sp³-hybridized carbons (Fsp3) is 0.286. The van der Waals surface area contributed by atoms with E-state index < -0.39 is 6.04 Å². The standard InChI is InChI=1S/C28H29FN2O4/c1-2-30-28(33)24(16-20-6-4-3-5-7-20)31(18-22-8-12-23(29)13-9-22)27(32)15-11-21-10-14-25-26(17-21)35-19-34-25/h3-10,12-14,17,24H,2,11,15-16,18-19H2,1H3,(H,30,33). The molecule has 0 radical (unpaired) electrons. The molecule has 35 heavy (non-hydrogen) atoms. The lowest BCUT2D eigenvalue weighted by atomic mass is 10.0. The molecule has 1 unspecified atom stereocenters. The van der Waals surface area contributed by atoms with Crippen LogP contribution in [-0.2, 0) is 29.0 Å². The number of halogens is 1. The summed E-state index contributed by atoms with van der Waals surface area (Å²) in [6, 6.07) is 20.6. The first-order valence-electron chi connectivity index (χ1n) is 11.8. The number of benzene rings is 3. The van der Waals surface area contributed by atoms with Gasteiger partial charge in [-0.3, -0.25) is 9.59 Å². The highest BCUT2D eigenvalue weighted by atomic mass is 19.1. The van der Waals surface area contributed by atoms with Crippen molar-refractivity contribution in [3.05, 3.63) is 95.3 Å². The molecule has 2 amide bonds. The van der Waals surface area contributed by atoms with Gasteiger partial charge in [0.05, 0.1) is 0 Å². The largest absolute Gasteiger partial charge is 0.454 e. The Kier molecular flexibility index (Phi) is 7.98. The minimum atomic E-state index is -0.702. The summed E-state index contributed by atoms with van der Waals surface area (Å²) in [7, 11) is 0. The van der Waals surface area contributed by atoms with E-state index in [9.17, 15) is 14.0 Å². The van der Waals surface area contributed by atoms with Crippen molar-refractivity contribution in [1.82, 2.24) is 10.2 Å². The van der Waals surface area contributed by atoms with E-state index >= 15 is 0 Å². The first kappa shape index (κ1) is 24.3. The highest BCUT2D eigenvalue weighted by molar-refractivity contribution is 5.88. The number of amides is 2. The summed E-state index contributed by atoms with van der Waals surface area (Å²) in [5, 5.41) is 2.87. The first-order valence-corrected chi connectivity index (χ1v) is 11.8. The Hall–Kier alpha value is -3.87. The summed E-state index contributed by atoms with van der Waals surface area (Å²) in [4.78, 5) is 28.3. The summed E-state index contributed by atoms with van der Waals surface area (Å²) >= 11 is 0. The van der Waals surface area contributed by atoms with E-state index in [1.165, 1.54) is 12.1 Å². The maximum atomic E-state index is 13.6. The van der Waals surface area contributed by atoms with Gasteiger partial charge in [-0.25, -0.2) is 4.39 Å². The molecule has 1 heterocycles. The summed E-state index contributed by atoms with van der Waals surface area (Å²) in [5.74, 6) is 0.646. The van der Waals surface area contributed by atoms with Gasteiger partial charge in [-0.1, -0.05) is 48.5 Å². The lowest BCUT2D eigenvalue weighted by Gasteiger charge is -2.31. The van der Waals surface area contributed by atoms with Gasteiger partial charge in [-0.2, -0.15) is 0 Å². The molecule has 4 rings (SSSR count). The SMILES string of the molecule is CCNC(=O)C(Cc1ccccc1)N(Cc1ccc(F)cc1)C(=O)CCc1ccc2c(c1)OCO2. The maximum absolute atomic E-state index is 13.6. The highest BCUT2D eigenvalue weighted by Crippen LogP contribution is 2.33. The second-order valence-corrected chi connectivity index (χ2v) is 8.44. The Balaban J connectivity index is 1.57. The Morgan fingerprint density at radius 1 is 0.943 bits per heavy atom. The molecular weight excluding hydrogens is 447 g/mol. The fourth-order valence-electron chi connectivity index (χ4n) is 4.12. The quantitative estimate of drug-likeness (QED) is 0.475. The van der Waals surface area contributed by atoms with E-state index in [4.69, 9.17) is 9.47 Å². The van der Waals surface area contributed by atoms with Crippen molar-refractivity contribution in [1.29, 1.82) is 0 Å². The number of rotatable bonds is 10. The molecule has 182 valence electrons. The van der Waals surface area contributed by atoms with Crippen LogP contribution in [0.1, 0.15) is 30.0 Å². The maximum Gasteiger partial charge on any atom is 0.243 e. The van der Waals surface area contributed by atoms with Crippen LogP contribution in [-0.4, -0.2) is 36.1 Å². The van der Waals surface area contributed by atoms with E-state index in [-0.39, 0.29) is 37.4 Å². The van der Waals surface area contributed by atoms with Crippen molar-refractivity contribution < 1.29 is 23.5 Å². The number of hydrogen-bond donors (Lipinski definition) is 1. The zero-order chi connectivity index (χ0) is 24.6. The van der Waals surface area contributed by atoms with Crippen molar-refractivity contribution in [3.8, 4) is 11.5 Å². The third kappa shape index (κ3) is 6.38. The smallest absolute Gasteiger partial charge is 0.243 e. The molecule has 0 spiro atoms. The molecule has 1 atom stereocenters. The van der Waals surface area contributed by atoms with Crippen LogP contribution in [0.5, 0.6) is 11.5 Å². The zero-order valence-corrected chi connectivity index (χ0v) is 19.7. The molecule has 0 saturated heterocycles. The molecule has 1 aliphatic rings. The van der Waals surface area contributed by atoms with Crippen molar-refractivity contribution in [3.63, 3.8) is 0 Å². The number of hydrogen-bond acceptors (Lipinski definition) is 4. The predicted octanol–water partition coefficient (Wildman–Crippen LogP) is 4.26. The lowest BCUT2D eigenvalue weighted by molar-refractivity contribution is -0.141. The number of nitrogens with one attached hydrogen (secondary N) is 1. The number of likely N-dealkylation sites (N-methyl/N-ethyl adjacent to an activating group) is 1. The molecular formula is C28H29FN2O4. The van der Waals surface area contributed by atoms with Crippen LogP contribution in [0.25, 0.3) is 0 Å². The van der Waals surface area contributed by atoms with Gasteiger partial charge in [0.2, 0.25) is 18.6 Å². The van der Waals surface area contributed by atoms with Crippen LogP contribution in [0.2, 0.25) is 0 Å². The molecule has 3 aromatic carbocycles. The number of fused-ring (bicyclic) bond motifs is 1. The molecule has 0 aliphatic carbocycles. The summed E-state index contributed by atoms with van der Waals surface area (Å²) in [6.07, 6.45) is 1.08. The molecule has 0 aromatic heterocycles. The molecule has 1 aliphatic heterocycles. The topological polar surface area (TPSA) is 67.9 Å². The van der Waals surface area contributed by atoms with Crippen LogP contribution >= 0.6 is 0 Å². The monoisotopic (exact) mass is 476 g/mol. The van der Waals surface area contributed by atoms with Crippen LogP contribution in [0.4, 0.5) is 4.39 Å². The fourth-order valence-corrected chi connectivity index (χ4v) is 4.12. The van der Waals surface area contributed by atoms with Crippen molar-refractivity contribution in [2.24, 2.45) is 0 Å². The number of carbonyl (C=O) groups is 2. The van der Waals surface area contributed by atoms with Gasteiger partial charge in [0.15, 0.2) is 11.5 Å². The van der Waals surface area contributed by atoms with E-state index in [2.05, 4.69) is 5.32 Å². The first-order chi connectivity index (χ1) is 17.0. The van der Waals surface area contributed by atoms with Gasteiger partial charge in [0, 0.05) is 25.9 Å². The van der Waals surface area contributed by atoms with Crippen LogP contribution < -0.4 is 14.8 Å². The summed E-state index contributed by atoms with van der Waals surface area (Å²) < 4.78 is 24.3. The highest BCUT2D eigenvalue weighted by Gasteiger charge is 2.30. The minimum Gasteiger partial charge on any atom is -0.454 e. The molecule has 0 fully saturated rings. The summed E-state index contributed by atoms with van der Waals surface area (Å²) in [6.45, 7) is 2.70. The van der Waals surface area contributed by atoms with Crippen molar-refractivity contribution in [2.45, 2.75) is 38.8 Å². The lowest BCUT2D eigenvalue weighted by Crippen LogP contribution is -2.50. The predicted molar refractivity (Wildman–Crippen MR) is 130 cm³/mol. The number of carbonyl (C=O) groups excluding carboxylic acids is 2. The van der Waals surface area contributed by atoms with Gasteiger partial charge in [0.25, 0.3) is 0 Å². The average Bonchev–Trinajstić information content (AvgIpc) is 3.34. The number of aryl methyl sites for hydroxylation is 1. The van der Waals surface area contributed by atoms with Gasteiger partial charge in [0.1, 0.15) is 11.9 Å². The number of nitrogens with zero attached hydrogens (tertiary/aromatic N) is 1. The van der Waals surface area contributed by atoms with Gasteiger partial charge < -0.3 is 19.7 Å². The molecule has 1 N–H and O–H groups in total. The summed E-state index contributed by atoms with van der Waals surface area (Å²) in [5.41, 5.74) is 2.66. The second-order valence-electron chi connectivity index (χ2n) is 8.44. The van der Waals surface area contributed by atoms with E-state index in [0.29, 0.717) is 30.9 Å². The molecule has 7 heteroatoms. The van der Waals surface area contributed by atoms with Gasteiger partial charge in [-0.05, 0) is 54.3 Å². The normalized spacial score (nSPS) is 12.7. The van der Waals surface area contributed by atoms with E-state index in [1.807, 2.05) is 55.5 Å². The van der Waals surface area contributed by atoms with E-state index in [1.54, 1.807) is 17.0 Å². The van der Waals surface area contributed by atoms with Gasteiger partial charge >= 0.3 is 0 Å². The third-order valence-corrected chi connectivity index (χ3v) is 5.95. The van der Waals surface area contributed by atoms with Crippen molar-refractivity contribution >= 4 is 11.8 Å². The third-order valence-electron chi connectivity index (χ3n) is 5.95. The molecule has 3 aromatic rings. The average molecular weight is 477 g/mol. The Morgan fingerprint density at radius 2 is 1.66 bits per heavy atom. The number of ether oxygens (including phenoxy) is 2. The molecule has 6 nitrogen and oxygen atoms in total. The van der Waals surface area contributed by atoms with Crippen LogP contribution in [0, 0.1) is 5.82 Å². The Labute approximate surface area is 204 Å². The Morgan fingerprint density at radius 3 is 2.40 bits per heavy atom.